The highest BCUT2D eigenvalue weighted by atomic mass is 15.0. The molecule has 1 aliphatic carbocycles. The van der Waals surface area contributed by atoms with Crippen LogP contribution in [0.3, 0.4) is 0 Å². The molecule has 6 aromatic rings. The zero-order valence-corrected chi connectivity index (χ0v) is 26.7. The van der Waals surface area contributed by atoms with E-state index in [4.69, 9.17) is 15.0 Å². The van der Waals surface area contributed by atoms with Crippen LogP contribution in [0.4, 0.5) is 0 Å². The predicted octanol–water partition coefficient (Wildman–Crippen LogP) is 10.6. The number of hydrogen-bond donors (Lipinski definition) is 0. The molecule has 0 bridgehead atoms. The average Bonchev–Trinajstić information content (AvgIpc) is 3.12. The van der Waals surface area contributed by atoms with E-state index in [2.05, 4.69) is 99.3 Å². The molecule has 0 aliphatic heterocycles. The highest BCUT2D eigenvalue weighted by molar-refractivity contribution is 5.71. The lowest BCUT2D eigenvalue weighted by molar-refractivity contribution is 1.07. The molecule has 0 saturated heterocycles. The van der Waals surface area contributed by atoms with E-state index in [-0.39, 0.29) is 0 Å². The first-order valence-electron chi connectivity index (χ1n) is 16.0. The fourth-order valence-electron chi connectivity index (χ4n) is 6.20. The van der Waals surface area contributed by atoms with E-state index in [1.54, 1.807) is 0 Å². The topological polar surface area (TPSA) is 38.7 Å². The number of aromatic nitrogens is 3. The Labute approximate surface area is 275 Å². The number of nitrogens with zero attached hydrogens (tertiary/aromatic N) is 3. The third-order valence-corrected chi connectivity index (χ3v) is 8.62. The smallest absolute Gasteiger partial charge is 0.164 e. The molecule has 0 atom stereocenters. The summed E-state index contributed by atoms with van der Waals surface area (Å²) in [5.74, 6) is 2.01. The van der Waals surface area contributed by atoms with Crippen molar-refractivity contribution in [1.29, 1.82) is 0 Å². The Morgan fingerprint density at radius 3 is 1.89 bits per heavy atom. The quantitative estimate of drug-likeness (QED) is 0.154. The Morgan fingerprint density at radius 1 is 0.596 bits per heavy atom. The monoisotopic (exact) mass is 605 g/mol. The molecule has 1 heterocycles. The Bertz CT molecular complexity index is 2350. The Hall–Kier alpha value is -5.93. The van der Waals surface area contributed by atoms with Crippen molar-refractivity contribution in [2.24, 2.45) is 0 Å². The number of benzene rings is 5. The van der Waals surface area contributed by atoms with Gasteiger partial charge in [-0.15, -0.1) is 0 Å². The second-order valence-electron chi connectivity index (χ2n) is 11.8. The SMILES string of the molecule is C=CC=C(C)c1cccc(CC=CC=C(C)c2cccc3c2=c2c(-c4nc(-c5ccccc5)nc(-c5ccccc5)n4)cccc2=3)c1. The summed E-state index contributed by atoms with van der Waals surface area (Å²) in [4.78, 5) is 15.0. The molecule has 0 fully saturated rings. The van der Waals surface area contributed by atoms with Crippen LogP contribution < -0.4 is 0 Å². The molecule has 226 valence electrons. The van der Waals surface area contributed by atoms with Gasteiger partial charge in [0.25, 0.3) is 0 Å². The van der Waals surface area contributed by atoms with Gasteiger partial charge in [0.1, 0.15) is 0 Å². The fourth-order valence-corrected chi connectivity index (χ4v) is 6.20. The van der Waals surface area contributed by atoms with E-state index in [1.165, 1.54) is 48.7 Å². The van der Waals surface area contributed by atoms with Crippen molar-refractivity contribution in [3.05, 3.63) is 196 Å². The third kappa shape index (κ3) is 6.04. The maximum atomic E-state index is 5.04. The lowest BCUT2D eigenvalue weighted by atomic mass is 9.91. The van der Waals surface area contributed by atoms with E-state index in [9.17, 15) is 0 Å². The molecule has 0 saturated carbocycles. The lowest BCUT2D eigenvalue weighted by Gasteiger charge is -2.14. The van der Waals surface area contributed by atoms with Gasteiger partial charge in [-0.1, -0.05) is 158 Å². The van der Waals surface area contributed by atoms with Crippen molar-refractivity contribution >= 4 is 11.1 Å². The first-order chi connectivity index (χ1) is 23.1. The minimum absolute atomic E-state index is 0.665. The average molecular weight is 606 g/mol. The van der Waals surface area contributed by atoms with Crippen LogP contribution in [0.1, 0.15) is 30.5 Å². The van der Waals surface area contributed by atoms with E-state index in [0.29, 0.717) is 17.5 Å². The number of rotatable bonds is 9. The zero-order chi connectivity index (χ0) is 32.2. The van der Waals surface area contributed by atoms with E-state index in [1.807, 2.05) is 72.8 Å². The molecule has 1 aliphatic rings. The van der Waals surface area contributed by atoms with Gasteiger partial charge in [-0.3, -0.25) is 0 Å². The third-order valence-electron chi connectivity index (χ3n) is 8.62. The van der Waals surface area contributed by atoms with Crippen molar-refractivity contribution in [3.63, 3.8) is 0 Å². The molecule has 3 heteroatoms. The number of fused-ring (bicyclic) bond motifs is 2. The summed E-state index contributed by atoms with van der Waals surface area (Å²) in [6.07, 6.45) is 11.4. The van der Waals surface area contributed by atoms with Crippen molar-refractivity contribution in [2.45, 2.75) is 20.3 Å². The molecule has 0 spiro atoms. The van der Waals surface area contributed by atoms with Gasteiger partial charge in [-0.05, 0) is 63.8 Å². The first kappa shape index (κ1) is 29.8. The van der Waals surface area contributed by atoms with Crippen molar-refractivity contribution < 1.29 is 0 Å². The highest BCUT2D eigenvalue weighted by Crippen LogP contribution is 2.30. The summed E-state index contributed by atoms with van der Waals surface area (Å²) in [7, 11) is 0. The molecule has 0 unspecified atom stereocenters. The molecular formula is C44H35N3. The summed E-state index contributed by atoms with van der Waals surface area (Å²) < 4.78 is 0. The normalized spacial score (nSPS) is 12.4. The minimum atomic E-state index is 0.665. The standard InChI is InChI=1S/C44H35N3/c1-4-16-30(2)35-24-13-19-32(29-35)18-12-11-17-31(3)36-25-14-26-37-38-27-15-28-39(41(38)40(36)37)44-46-42(33-20-7-5-8-21-33)45-43(47-44)34-22-9-6-10-23-34/h4-17,19-29H,1,18H2,2-3H3. The van der Waals surface area contributed by atoms with Crippen molar-refractivity contribution in [3.8, 4) is 34.2 Å². The zero-order valence-electron chi connectivity index (χ0n) is 26.7. The highest BCUT2D eigenvalue weighted by Gasteiger charge is 2.17. The molecule has 0 N–H and O–H groups in total. The van der Waals surface area contributed by atoms with E-state index in [0.717, 1.165) is 23.1 Å². The molecule has 5 aromatic carbocycles. The Morgan fingerprint density at radius 2 is 1.21 bits per heavy atom. The molecule has 7 rings (SSSR count). The summed E-state index contributed by atoms with van der Waals surface area (Å²) >= 11 is 0. The van der Waals surface area contributed by atoms with Gasteiger partial charge in [0.15, 0.2) is 17.5 Å². The van der Waals surface area contributed by atoms with E-state index >= 15 is 0 Å². The summed E-state index contributed by atoms with van der Waals surface area (Å²) in [5.41, 5.74) is 9.10. The number of allylic oxidation sites excluding steroid dienone is 7. The Kier molecular flexibility index (Phi) is 8.36. The summed E-state index contributed by atoms with van der Waals surface area (Å²) in [6.45, 7) is 8.13. The van der Waals surface area contributed by atoms with Gasteiger partial charge in [0, 0.05) is 21.9 Å². The van der Waals surface area contributed by atoms with Gasteiger partial charge in [0.2, 0.25) is 0 Å². The molecule has 3 nitrogen and oxygen atoms in total. The second-order valence-corrected chi connectivity index (χ2v) is 11.8. The molecule has 47 heavy (non-hydrogen) atoms. The van der Waals surface area contributed by atoms with Crippen LogP contribution in [-0.2, 0) is 6.42 Å². The van der Waals surface area contributed by atoms with Crippen LogP contribution in [0.15, 0.2) is 158 Å². The molecule has 0 radical (unpaired) electrons. The second kappa shape index (κ2) is 13.2. The van der Waals surface area contributed by atoms with Gasteiger partial charge in [-0.2, -0.15) is 0 Å². The maximum absolute atomic E-state index is 5.04. The predicted molar refractivity (Wildman–Crippen MR) is 195 cm³/mol. The molecular weight excluding hydrogens is 571 g/mol. The maximum Gasteiger partial charge on any atom is 0.164 e. The van der Waals surface area contributed by atoms with Crippen LogP contribution in [0.5, 0.6) is 0 Å². The van der Waals surface area contributed by atoms with Crippen LogP contribution >= 0.6 is 0 Å². The molecule has 1 aromatic heterocycles. The van der Waals surface area contributed by atoms with Gasteiger partial charge in [-0.25, -0.2) is 15.0 Å². The van der Waals surface area contributed by atoms with Crippen LogP contribution in [0.25, 0.3) is 45.3 Å². The first-order valence-corrected chi connectivity index (χ1v) is 16.0. The summed E-state index contributed by atoms with van der Waals surface area (Å²) in [5, 5.41) is 4.93. The van der Waals surface area contributed by atoms with Crippen LogP contribution in [0.2, 0.25) is 0 Å². The largest absolute Gasteiger partial charge is 0.208 e. The minimum Gasteiger partial charge on any atom is -0.208 e. The fraction of sp³-hybridized carbons (Fsp3) is 0.0682. The summed E-state index contributed by atoms with van der Waals surface area (Å²) in [6, 6.07) is 42.0. The van der Waals surface area contributed by atoms with Gasteiger partial charge >= 0.3 is 0 Å². The Balaban J connectivity index is 1.29. The van der Waals surface area contributed by atoms with E-state index < -0.39 is 0 Å². The van der Waals surface area contributed by atoms with Crippen LogP contribution in [0, 0.1) is 20.9 Å². The van der Waals surface area contributed by atoms with Crippen LogP contribution in [-0.4, -0.2) is 15.0 Å². The molecule has 0 amide bonds. The van der Waals surface area contributed by atoms with Crippen molar-refractivity contribution in [1.82, 2.24) is 15.0 Å². The van der Waals surface area contributed by atoms with Crippen molar-refractivity contribution in [2.75, 3.05) is 0 Å². The van der Waals surface area contributed by atoms with Gasteiger partial charge < -0.3 is 0 Å². The number of hydrogen-bond acceptors (Lipinski definition) is 3. The van der Waals surface area contributed by atoms with Gasteiger partial charge in [0.05, 0.1) is 0 Å². The lowest BCUT2D eigenvalue weighted by Crippen LogP contribution is -2.03.